The molecule has 52 heavy (non-hydrogen) atoms. The summed E-state index contributed by atoms with van der Waals surface area (Å²) in [6.45, 7) is 8.72. The van der Waals surface area contributed by atoms with Crippen LogP contribution in [0.3, 0.4) is 0 Å². The highest BCUT2D eigenvalue weighted by Gasteiger charge is 2.63. The van der Waals surface area contributed by atoms with Crippen molar-refractivity contribution in [2.45, 2.75) is 100 Å². The van der Waals surface area contributed by atoms with Crippen LogP contribution in [0.5, 0.6) is 0 Å². The van der Waals surface area contributed by atoms with Gasteiger partial charge in [0.25, 0.3) is 0 Å². The maximum Gasteiger partial charge on any atom is 0.332 e. The number of ketones is 2. The lowest BCUT2D eigenvalue weighted by Gasteiger charge is -2.38. The van der Waals surface area contributed by atoms with Crippen molar-refractivity contribution >= 4 is 39.1 Å². The smallest absolute Gasteiger partial charge is 0.332 e. The number of carboxylic acid groups (broad SMARTS) is 2. The van der Waals surface area contributed by atoms with E-state index in [-0.39, 0.29) is 12.3 Å². The van der Waals surface area contributed by atoms with Crippen molar-refractivity contribution in [1.29, 1.82) is 0 Å². The molecule has 16 heteroatoms. The van der Waals surface area contributed by atoms with Crippen LogP contribution in [0.15, 0.2) is 60.7 Å². The van der Waals surface area contributed by atoms with Crippen LogP contribution in [0.1, 0.15) is 64.5 Å². The first-order valence-electron chi connectivity index (χ1n) is 17.4. The van der Waals surface area contributed by atoms with Gasteiger partial charge in [0.15, 0.2) is 22.6 Å². The molecule has 0 aliphatic carbocycles. The Bertz CT molecular complexity index is 1420. The van der Waals surface area contributed by atoms with Crippen LogP contribution < -0.4 is 23.8 Å². The van der Waals surface area contributed by atoms with E-state index in [1.54, 1.807) is 9.80 Å². The lowest BCUT2D eigenvalue weighted by Crippen LogP contribution is -2.65. The molecule has 0 bridgehead atoms. The van der Waals surface area contributed by atoms with E-state index < -0.39 is 73.6 Å². The number of likely N-dealkylation sites (tertiary alicyclic amines) is 2. The minimum absolute atomic E-state index is 0. The highest BCUT2D eigenvalue weighted by molar-refractivity contribution is 7.45. The second-order valence-electron chi connectivity index (χ2n) is 13.4. The summed E-state index contributed by atoms with van der Waals surface area (Å²) >= 11 is 0. The van der Waals surface area contributed by atoms with E-state index in [2.05, 4.69) is 0 Å². The van der Waals surface area contributed by atoms with Gasteiger partial charge in [0.05, 0.1) is 27.7 Å². The Morgan fingerprint density at radius 1 is 0.692 bits per heavy atom. The number of rotatable bonds is 16. The number of benzene rings is 2. The average Bonchev–Trinajstić information content (AvgIpc) is 3.66. The fourth-order valence-corrected chi connectivity index (χ4v) is 12.2. The molecule has 0 radical (unpaired) electrons. The normalized spacial score (nSPS) is 25.3. The Labute approximate surface area is 308 Å². The van der Waals surface area contributed by atoms with Crippen LogP contribution in [0.4, 0.5) is 0 Å². The molecule has 8 atom stereocenters. The zero-order valence-corrected chi connectivity index (χ0v) is 33.0. The maximum absolute atomic E-state index is 13.1. The number of nitrogens with two attached hydrogens (primary N) is 2. The molecule has 2 saturated heterocycles. The predicted octanol–water partition coefficient (Wildman–Crippen LogP) is 4.26. The zero-order chi connectivity index (χ0) is 37.2. The molecule has 2 fully saturated rings. The molecule has 2 aromatic carbocycles. The van der Waals surface area contributed by atoms with Crippen molar-refractivity contribution < 1.29 is 38.5 Å². The summed E-state index contributed by atoms with van der Waals surface area (Å²) in [5.41, 5.74) is 8.43. The van der Waals surface area contributed by atoms with E-state index in [0.717, 1.165) is 11.1 Å². The van der Waals surface area contributed by atoms with Gasteiger partial charge in [-0.15, -0.1) is 0 Å². The van der Waals surface area contributed by atoms with Gasteiger partial charge >= 0.3 is 11.9 Å². The summed E-state index contributed by atoms with van der Waals surface area (Å²) in [7, 11) is -4.69. The number of carboxylic acids is 2. The minimum Gasteiger partial charge on any atom is -0.480 e. The number of hydrogen-bond donors (Lipinski definition) is 6. The SMILES string of the molecule is CCCN1CCC([PH](=O)Cc2ccccc2)[C@]1(C(=O)O)C(=O)[C@@H](C)N.CCCN1CCC([PH](=O)Cc2ccccc2)[C@]1(C(=O)O)C(=O)[C@@H](C)N.N.N. The van der Waals surface area contributed by atoms with Crippen LogP contribution in [0, 0.1) is 0 Å². The number of carbonyl (C=O) groups is 4. The van der Waals surface area contributed by atoms with E-state index in [1.165, 1.54) is 13.8 Å². The van der Waals surface area contributed by atoms with Gasteiger partial charge in [-0.3, -0.25) is 19.4 Å². The second-order valence-corrected chi connectivity index (χ2v) is 17.3. The molecule has 4 rings (SSSR count). The molecule has 4 unspecified atom stereocenters. The molecule has 0 spiro atoms. The lowest BCUT2D eigenvalue weighted by atomic mass is 9.86. The molecule has 14 nitrogen and oxygen atoms in total. The Kier molecular flexibility index (Phi) is 19.0. The summed E-state index contributed by atoms with van der Waals surface area (Å²) in [5.74, 6) is -3.53. The lowest BCUT2D eigenvalue weighted by molar-refractivity contribution is -0.157. The zero-order valence-electron chi connectivity index (χ0n) is 31.0. The number of aliphatic carboxylic acids is 2. The maximum atomic E-state index is 13.1. The highest BCUT2D eigenvalue weighted by atomic mass is 31.1. The molecule has 292 valence electrons. The van der Waals surface area contributed by atoms with Gasteiger partial charge in [0.2, 0.25) is 0 Å². The largest absolute Gasteiger partial charge is 0.480 e. The fourth-order valence-electron chi connectivity index (χ4n) is 7.65. The van der Waals surface area contributed by atoms with Crippen molar-refractivity contribution in [3.05, 3.63) is 71.8 Å². The van der Waals surface area contributed by atoms with Gasteiger partial charge < -0.3 is 43.1 Å². The average molecular weight is 767 g/mol. The summed E-state index contributed by atoms with van der Waals surface area (Å²) in [6.07, 6.45) is 2.92. The van der Waals surface area contributed by atoms with Gasteiger partial charge in [-0.2, -0.15) is 0 Å². The quantitative estimate of drug-likeness (QED) is 0.103. The Hall–Kier alpha value is -3.06. The third-order valence-corrected chi connectivity index (χ3v) is 14.3. The van der Waals surface area contributed by atoms with Gasteiger partial charge in [0.1, 0.15) is 0 Å². The van der Waals surface area contributed by atoms with Crippen LogP contribution in [-0.2, 0) is 40.6 Å². The van der Waals surface area contributed by atoms with Gasteiger partial charge in [-0.1, -0.05) is 74.5 Å². The third kappa shape index (κ3) is 9.72. The summed E-state index contributed by atoms with van der Waals surface area (Å²) in [6, 6.07) is 16.9. The number of carbonyl (C=O) groups excluding carboxylic acids is 2. The monoisotopic (exact) mass is 766 g/mol. The minimum atomic E-state index is -2.35. The molecule has 0 aromatic heterocycles. The first-order chi connectivity index (χ1) is 23.7. The Morgan fingerprint density at radius 3 is 1.25 bits per heavy atom. The van der Waals surface area contributed by atoms with Gasteiger partial charge in [-0.05, 0) is 63.7 Å². The Morgan fingerprint density at radius 2 is 1.00 bits per heavy atom. The molecule has 2 heterocycles. The van der Waals surface area contributed by atoms with E-state index in [9.17, 15) is 38.5 Å². The van der Waals surface area contributed by atoms with Crippen LogP contribution >= 0.6 is 15.6 Å². The molecule has 2 aromatic rings. The first-order valence-corrected chi connectivity index (χ1v) is 20.8. The molecule has 2 aliphatic heterocycles. The highest BCUT2D eigenvalue weighted by Crippen LogP contribution is 2.49. The van der Waals surface area contributed by atoms with E-state index >= 15 is 0 Å². The molecular weight excluding hydrogens is 706 g/mol. The van der Waals surface area contributed by atoms with E-state index in [0.29, 0.717) is 64.2 Å². The topological polar surface area (TPSA) is 271 Å². The van der Waals surface area contributed by atoms with Gasteiger partial charge in [0, 0.05) is 36.7 Å². The van der Waals surface area contributed by atoms with Crippen molar-refractivity contribution in [1.82, 2.24) is 22.1 Å². The summed E-state index contributed by atoms with van der Waals surface area (Å²) in [5, 5.41) is 20.0. The molecular formula is C36H60N6O8P2. The van der Waals surface area contributed by atoms with Crippen molar-refractivity contribution in [3.63, 3.8) is 0 Å². The summed E-state index contributed by atoms with van der Waals surface area (Å²) < 4.78 is 26.2. The van der Waals surface area contributed by atoms with E-state index in [1.807, 2.05) is 74.5 Å². The molecule has 0 amide bonds. The molecule has 2 aliphatic rings. The Balaban J connectivity index is 0.000000501. The van der Waals surface area contributed by atoms with Crippen molar-refractivity contribution in [3.8, 4) is 0 Å². The van der Waals surface area contributed by atoms with Crippen molar-refractivity contribution in [2.75, 3.05) is 26.2 Å². The van der Waals surface area contributed by atoms with E-state index in [4.69, 9.17) is 11.5 Å². The molecule has 0 saturated carbocycles. The number of Topliss-reactive ketones (excluding diaryl/α,β-unsaturated/α-hetero) is 2. The molecule has 12 N–H and O–H groups in total. The third-order valence-electron chi connectivity index (χ3n) is 9.82. The van der Waals surface area contributed by atoms with Crippen molar-refractivity contribution in [2.24, 2.45) is 11.5 Å². The van der Waals surface area contributed by atoms with Gasteiger partial charge in [-0.25, -0.2) is 9.59 Å². The van der Waals surface area contributed by atoms with Crippen LogP contribution in [0.2, 0.25) is 0 Å². The summed E-state index contributed by atoms with van der Waals surface area (Å²) in [4.78, 5) is 53.7. The second kappa shape index (κ2) is 21.0. The number of nitrogens with zero attached hydrogens (tertiary/aromatic N) is 2. The van der Waals surface area contributed by atoms with Crippen LogP contribution in [-0.4, -0.2) is 104 Å². The van der Waals surface area contributed by atoms with Crippen LogP contribution in [0.25, 0.3) is 0 Å². The first kappa shape index (κ1) is 47.0. The number of hydrogen-bond acceptors (Lipinski definition) is 12. The predicted molar refractivity (Wildman–Crippen MR) is 207 cm³/mol. The fraction of sp³-hybridized carbons (Fsp3) is 0.556. The standard InChI is InChI=1S/2C18H27N2O4P.2H3N/c2*1-3-10-20-11-9-15(18(20,17(22)23)16(21)13(2)19)25(24)12-14-7-5-4-6-8-14;;/h2*4-8,13,15,25H,3,9-12,19H2,1-2H3,(H,22,23);2*1H3/t2*13-,15?,18-;;/m11../s1.